The number of hydrogen-bond donors (Lipinski definition) is 0. The van der Waals surface area contributed by atoms with Gasteiger partial charge in [0.05, 0.1) is 18.3 Å². The lowest BCUT2D eigenvalue weighted by Gasteiger charge is -2.01. The van der Waals surface area contributed by atoms with E-state index in [1.807, 2.05) is 18.2 Å². The molecule has 1 aromatic rings. The zero-order valence-corrected chi connectivity index (χ0v) is 7.05. The first-order valence-corrected chi connectivity index (χ1v) is 4.09. The van der Waals surface area contributed by atoms with Gasteiger partial charge in [-0.05, 0) is 12.1 Å². The molecule has 0 amide bonds. The van der Waals surface area contributed by atoms with Crippen LogP contribution in [0.15, 0.2) is 24.4 Å². The molecule has 1 fully saturated rings. The molecule has 4 nitrogen and oxygen atoms in total. The van der Waals surface area contributed by atoms with E-state index >= 15 is 0 Å². The van der Waals surface area contributed by atoms with E-state index in [9.17, 15) is 0 Å². The van der Waals surface area contributed by atoms with E-state index in [1.54, 1.807) is 11.3 Å². The Bertz CT molecular complexity index is 319. The van der Waals surface area contributed by atoms with Crippen LogP contribution in [0.3, 0.4) is 0 Å². The maximum Gasteiger partial charge on any atom is 0.137 e. The van der Waals surface area contributed by atoms with Crippen molar-refractivity contribution in [3.8, 4) is 6.07 Å². The fraction of sp³-hybridized carbons (Fsp3) is 0.333. The van der Waals surface area contributed by atoms with E-state index < -0.39 is 0 Å². The largest absolute Gasteiger partial charge is 0.291 e. The maximum atomic E-state index is 8.49. The predicted molar refractivity (Wildman–Crippen MR) is 45.1 cm³/mol. The van der Waals surface area contributed by atoms with E-state index in [-0.39, 0.29) is 6.04 Å². The molecular weight excluding hydrogens is 166 g/mol. The SMILES string of the molecule is N#CC1CN1OCc1ccccn1. The molecule has 0 saturated carbocycles. The highest BCUT2D eigenvalue weighted by Gasteiger charge is 2.35. The van der Waals surface area contributed by atoms with Gasteiger partial charge < -0.3 is 0 Å². The first-order chi connectivity index (χ1) is 6.40. The van der Waals surface area contributed by atoms with Gasteiger partial charge in [0.15, 0.2) is 0 Å². The van der Waals surface area contributed by atoms with Crippen LogP contribution in [0.4, 0.5) is 0 Å². The van der Waals surface area contributed by atoms with Crippen molar-refractivity contribution >= 4 is 0 Å². The summed E-state index contributed by atoms with van der Waals surface area (Å²) in [6, 6.07) is 7.72. The van der Waals surface area contributed by atoms with E-state index in [2.05, 4.69) is 11.1 Å². The van der Waals surface area contributed by atoms with Crippen LogP contribution in [0.2, 0.25) is 0 Å². The van der Waals surface area contributed by atoms with Crippen LogP contribution in [0.5, 0.6) is 0 Å². The average Bonchev–Trinajstić information content (AvgIpc) is 2.95. The minimum absolute atomic E-state index is 0.0521. The molecule has 1 aromatic heterocycles. The molecule has 66 valence electrons. The molecule has 2 unspecified atom stereocenters. The number of nitrogens with zero attached hydrogens (tertiary/aromatic N) is 3. The Labute approximate surface area is 76.3 Å². The second kappa shape index (κ2) is 3.52. The van der Waals surface area contributed by atoms with E-state index in [4.69, 9.17) is 10.1 Å². The Kier molecular flexibility index (Phi) is 2.21. The molecule has 1 saturated heterocycles. The lowest BCUT2D eigenvalue weighted by molar-refractivity contribution is -0.0839. The summed E-state index contributed by atoms with van der Waals surface area (Å²) in [5.74, 6) is 0. The summed E-state index contributed by atoms with van der Waals surface area (Å²) in [6.07, 6.45) is 1.72. The molecule has 13 heavy (non-hydrogen) atoms. The Hall–Kier alpha value is -1.44. The number of hydrogen-bond acceptors (Lipinski definition) is 4. The molecule has 0 spiro atoms. The van der Waals surface area contributed by atoms with Crippen LogP contribution in [-0.4, -0.2) is 22.6 Å². The monoisotopic (exact) mass is 175 g/mol. The van der Waals surface area contributed by atoms with Gasteiger partial charge in [-0.1, -0.05) is 6.07 Å². The van der Waals surface area contributed by atoms with Crippen molar-refractivity contribution in [2.75, 3.05) is 6.54 Å². The molecule has 2 heterocycles. The van der Waals surface area contributed by atoms with Gasteiger partial charge >= 0.3 is 0 Å². The molecule has 0 N–H and O–H groups in total. The van der Waals surface area contributed by atoms with Crippen LogP contribution in [-0.2, 0) is 11.4 Å². The summed E-state index contributed by atoms with van der Waals surface area (Å²) in [5, 5.41) is 10.1. The molecule has 4 heteroatoms. The van der Waals surface area contributed by atoms with Gasteiger partial charge in [0.2, 0.25) is 0 Å². The first-order valence-electron chi connectivity index (χ1n) is 4.09. The first kappa shape index (κ1) is 8.17. The molecule has 0 radical (unpaired) electrons. The highest BCUT2D eigenvalue weighted by molar-refractivity contribution is 5.04. The van der Waals surface area contributed by atoms with Crippen LogP contribution in [0.1, 0.15) is 5.69 Å². The Balaban J connectivity index is 1.79. The molecule has 2 rings (SSSR count). The van der Waals surface area contributed by atoms with Gasteiger partial charge in [-0.25, -0.2) is 0 Å². The van der Waals surface area contributed by atoms with Crippen LogP contribution >= 0.6 is 0 Å². The third-order valence-corrected chi connectivity index (χ3v) is 1.82. The van der Waals surface area contributed by atoms with Gasteiger partial charge in [0.25, 0.3) is 0 Å². The average molecular weight is 175 g/mol. The number of pyridine rings is 1. The summed E-state index contributed by atoms with van der Waals surface area (Å²) in [6.45, 7) is 1.16. The number of nitriles is 1. The molecule has 2 atom stereocenters. The maximum absolute atomic E-state index is 8.49. The van der Waals surface area contributed by atoms with Crippen molar-refractivity contribution in [1.29, 1.82) is 5.26 Å². The van der Waals surface area contributed by atoms with E-state index in [1.165, 1.54) is 0 Å². The number of hydroxylamine groups is 2. The van der Waals surface area contributed by atoms with Gasteiger partial charge in [0, 0.05) is 6.20 Å². The summed E-state index contributed by atoms with van der Waals surface area (Å²) in [7, 11) is 0. The van der Waals surface area contributed by atoms with E-state index in [0.717, 1.165) is 5.69 Å². The second-order valence-electron chi connectivity index (χ2n) is 2.84. The van der Waals surface area contributed by atoms with Crippen LogP contribution < -0.4 is 0 Å². The smallest absolute Gasteiger partial charge is 0.137 e. The Morgan fingerprint density at radius 1 is 1.69 bits per heavy atom. The summed E-state index contributed by atoms with van der Waals surface area (Å²) in [5.41, 5.74) is 0.881. The van der Waals surface area contributed by atoms with Crippen molar-refractivity contribution in [3.05, 3.63) is 30.1 Å². The highest BCUT2D eigenvalue weighted by Crippen LogP contribution is 2.17. The zero-order chi connectivity index (χ0) is 9.10. The molecule has 1 aliphatic heterocycles. The second-order valence-corrected chi connectivity index (χ2v) is 2.84. The quantitative estimate of drug-likeness (QED) is 0.635. The number of aromatic nitrogens is 1. The third-order valence-electron chi connectivity index (χ3n) is 1.82. The molecular formula is C9H9N3O. The topological polar surface area (TPSA) is 48.9 Å². The fourth-order valence-electron chi connectivity index (χ4n) is 1.00. The number of rotatable bonds is 3. The fourth-order valence-corrected chi connectivity index (χ4v) is 1.00. The third kappa shape index (κ3) is 2.02. The minimum Gasteiger partial charge on any atom is -0.291 e. The Morgan fingerprint density at radius 3 is 3.23 bits per heavy atom. The molecule has 0 aromatic carbocycles. The lowest BCUT2D eigenvalue weighted by atomic mass is 10.4. The van der Waals surface area contributed by atoms with Gasteiger partial charge in [-0.15, -0.1) is 0 Å². The lowest BCUT2D eigenvalue weighted by Crippen LogP contribution is -2.03. The summed E-state index contributed by atoms with van der Waals surface area (Å²) in [4.78, 5) is 9.39. The molecule has 0 aliphatic carbocycles. The van der Waals surface area contributed by atoms with Crippen molar-refractivity contribution in [2.24, 2.45) is 0 Å². The van der Waals surface area contributed by atoms with Gasteiger partial charge in [-0.3, -0.25) is 9.82 Å². The van der Waals surface area contributed by atoms with Crippen molar-refractivity contribution < 1.29 is 4.84 Å². The van der Waals surface area contributed by atoms with Crippen molar-refractivity contribution in [2.45, 2.75) is 12.6 Å². The normalized spacial score (nSPS) is 25.2. The van der Waals surface area contributed by atoms with Crippen molar-refractivity contribution in [1.82, 2.24) is 10.0 Å². The van der Waals surface area contributed by atoms with E-state index in [0.29, 0.717) is 13.2 Å². The molecule has 0 bridgehead atoms. The standard InChI is InChI=1S/C9H9N3O/c10-5-9-6-12(9)13-7-8-3-1-2-4-11-8/h1-4,9H,6-7H2. The van der Waals surface area contributed by atoms with Crippen LogP contribution in [0, 0.1) is 11.3 Å². The van der Waals surface area contributed by atoms with Gasteiger partial charge in [0.1, 0.15) is 12.6 Å². The summed E-state index contributed by atoms with van der Waals surface area (Å²) >= 11 is 0. The zero-order valence-electron chi connectivity index (χ0n) is 7.05. The van der Waals surface area contributed by atoms with Crippen LogP contribution in [0.25, 0.3) is 0 Å². The minimum atomic E-state index is -0.0521. The summed E-state index contributed by atoms with van der Waals surface area (Å²) < 4.78 is 0. The predicted octanol–water partition coefficient (Wildman–Crippen LogP) is 0.721. The van der Waals surface area contributed by atoms with Gasteiger partial charge in [-0.2, -0.15) is 10.3 Å². The molecule has 1 aliphatic rings. The Morgan fingerprint density at radius 2 is 2.62 bits per heavy atom. The van der Waals surface area contributed by atoms with Crippen molar-refractivity contribution in [3.63, 3.8) is 0 Å². The highest BCUT2D eigenvalue weighted by atomic mass is 16.7.